The molecule has 3 heterocycles. The van der Waals surface area contributed by atoms with Gasteiger partial charge in [0.1, 0.15) is 5.76 Å². The third kappa shape index (κ3) is 4.82. The lowest BCUT2D eigenvalue weighted by molar-refractivity contribution is 0.0914. The zero-order valence-electron chi connectivity index (χ0n) is 14.6. The van der Waals surface area contributed by atoms with Gasteiger partial charge in [-0.1, -0.05) is 13.0 Å². The van der Waals surface area contributed by atoms with Crippen molar-refractivity contribution in [3.05, 3.63) is 58.4 Å². The Bertz CT molecular complexity index is 765. The Morgan fingerprint density at radius 3 is 3.00 bits per heavy atom. The number of carbonyl (C=O) groups is 1. The highest BCUT2D eigenvalue weighted by atomic mass is 16.4. The topological polar surface area (TPSA) is 67.5 Å². The minimum absolute atomic E-state index is 0.0966. The third-order valence-electron chi connectivity index (χ3n) is 4.57. The number of pyridine rings is 1. The highest BCUT2D eigenvalue weighted by Gasteiger charge is 2.16. The molecule has 1 atom stereocenters. The number of rotatable bonds is 6. The number of nitrogens with zero attached hydrogens (tertiary/aromatic N) is 2. The second kappa shape index (κ2) is 8.16. The van der Waals surface area contributed by atoms with Crippen LogP contribution < -0.4 is 10.9 Å². The van der Waals surface area contributed by atoms with Crippen LogP contribution in [0.2, 0.25) is 0 Å². The van der Waals surface area contributed by atoms with E-state index in [-0.39, 0.29) is 17.2 Å². The summed E-state index contributed by atoms with van der Waals surface area (Å²) in [5.74, 6) is 1.39. The predicted octanol–water partition coefficient (Wildman–Crippen LogP) is 1.95. The summed E-state index contributed by atoms with van der Waals surface area (Å²) in [4.78, 5) is 26.3. The molecule has 0 aromatic carbocycles. The van der Waals surface area contributed by atoms with Gasteiger partial charge in [0, 0.05) is 31.9 Å². The van der Waals surface area contributed by atoms with Crippen LogP contribution in [-0.4, -0.2) is 41.6 Å². The SMILES string of the molecule is C[C@@H]1CCCN(CCNC(=O)c2ccc(Cn3ccccc3=O)o2)C1. The zero-order valence-corrected chi connectivity index (χ0v) is 14.6. The van der Waals surface area contributed by atoms with Gasteiger partial charge < -0.3 is 19.2 Å². The fourth-order valence-corrected chi connectivity index (χ4v) is 3.25. The first kappa shape index (κ1) is 17.5. The minimum Gasteiger partial charge on any atom is -0.454 e. The van der Waals surface area contributed by atoms with E-state index in [0.717, 1.165) is 25.6 Å². The van der Waals surface area contributed by atoms with Crippen molar-refractivity contribution in [2.45, 2.75) is 26.3 Å². The number of piperidine rings is 1. The molecule has 0 unspecified atom stereocenters. The number of carbonyl (C=O) groups excluding carboxylic acids is 1. The normalized spacial score (nSPS) is 18.2. The zero-order chi connectivity index (χ0) is 17.6. The van der Waals surface area contributed by atoms with E-state index in [0.29, 0.717) is 18.8 Å². The summed E-state index contributed by atoms with van der Waals surface area (Å²) in [6.07, 6.45) is 4.22. The van der Waals surface area contributed by atoms with E-state index < -0.39 is 0 Å². The Morgan fingerprint density at radius 2 is 2.20 bits per heavy atom. The van der Waals surface area contributed by atoms with Gasteiger partial charge in [-0.05, 0) is 43.5 Å². The molecule has 1 aliphatic rings. The lowest BCUT2D eigenvalue weighted by Crippen LogP contribution is -2.40. The highest BCUT2D eigenvalue weighted by molar-refractivity contribution is 5.91. The number of furan rings is 1. The highest BCUT2D eigenvalue weighted by Crippen LogP contribution is 2.14. The number of hydrogen-bond donors (Lipinski definition) is 1. The molecule has 25 heavy (non-hydrogen) atoms. The van der Waals surface area contributed by atoms with Gasteiger partial charge in [-0.2, -0.15) is 0 Å². The van der Waals surface area contributed by atoms with Gasteiger partial charge in [0.2, 0.25) is 0 Å². The molecule has 1 amide bonds. The molecule has 6 nitrogen and oxygen atoms in total. The van der Waals surface area contributed by atoms with Gasteiger partial charge in [-0.25, -0.2) is 0 Å². The molecule has 134 valence electrons. The van der Waals surface area contributed by atoms with E-state index in [4.69, 9.17) is 4.42 Å². The van der Waals surface area contributed by atoms with Crippen LogP contribution in [0.5, 0.6) is 0 Å². The van der Waals surface area contributed by atoms with E-state index >= 15 is 0 Å². The van der Waals surface area contributed by atoms with Crippen LogP contribution in [0.1, 0.15) is 36.1 Å². The van der Waals surface area contributed by atoms with Crippen LogP contribution in [0.3, 0.4) is 0 Å². The summed E-state index contributed by atoms with van der Waals surface area (Å²) < 4.78 is 7.12. The molecule has 0 bridgehead atoms. The first-order chi connectivity index (χ1) is 12.1. The standard InChI is InChI=1S/C19H25N3O3/c1-15-5-4-10-21(13-15)12-9-20-19(24)17-8-7-16(25-17)14-22-11-3-2-6-18(22)23/h2-3,6-8,11,15H,4-5,9-10,12-14H2,1H3,(H,20,24)/t15-/m1/s1. The fraction of sp³-hybridized carbons (Fsp3) is 0.474. The Morgan fingerprint density at radius 1 is 1.32 bits per heavy atom. The van der Waals surface area contributed by atoms with Crippen LogP contribution in [0.15, 0.2) is 45.7 Å². The van der Waals surface area contributed by atoms with E-state index in [1.807, 2.05) is 0 Å². The molecule has 1 N–H and O–H groups in total. The molecule has 0 spiro atoms. The maximum atomic E-state index is 12.2. The Labute approximate surface area is 147 Å². The number of hydrogen-bond acceptors (Lipinski definition) is 4. The van der Waals surface area contributed by atoms with Crippen molar-refractivity contribution in [2.75, 3.05) is 26.2 Å². The van der Waals surface area contributed by atoms with Crippen LogP contribution in [0.4, 0.5) is 0 Å². The summed E-state index contributed by atoms with van der Waals surface area (Å²) in [5, 5.41) is 2.91. The molecule has 6 heteroatoms. The van der Waals surface area contributed by atoms with Crippen molar-refractivity contribution in [2.24, 2.45) is 5.92 Å². The Kier molecular flexibility index (Phi) is 5.71. The number of nitrogens with one attached hydrogen (secondary N) is 1. The van der Waals surface area contributed by atoms with Crippen molar-refractivity contribution in [3.63, 3.8) is 0 Å². The van der Waals surface area contributed by atoms with Gasteiger partial charge in [-0.15, -0.1) is 0 Å². The van der Waals surface area contributed by atoms with Gasteiger partial charge in [0.15, 0.2) is 5.76 Å². The summed E-state index contributed by atoms with van der Waals surface area (Å²) in [6, 6.07) is 8.38. The molecule has 1 saturated heterocycles. The lowest BCUT2D eigenvalue weighted by Gasteiger charge is -2.30. The summed E-state index contributed by atoms with van der Waals surface area (Å²) in [6.45, 7) is 6.28. The van der Waals surface area contributed by atoms with Crippen LogP contribution in [0, 0.1) is 5.92 Å². The molecule has 0 saturated carbocycles. The molecule has 0 radical (unpaired) electrons. The summed E-state index contributed by atoms with van der Waals surface area (Å²) in [5.41, 5.74) is -0.0966. The van der Waals surface area contributed by atoms with E-state index in [9.17, 15) is 9.59 Å². The Balaban J connectivity index is 1.49. The van der Waals surface area contributed by atoms with Gasteiger partial charge in [-0.3, -0.25) is 9.59 Å². The average molecular weight is 343 g/mol. The molecule has 1 aliphatic heterocycles. The van der Waals surface area contributed by atoms with Crippen molar-refractivity contribution in [1.29, 1.82) is 0 Å². The molecule has 1 fully saturated rings. The fourth-order valence-electron chi connectivity index (χ4n) is 3.25. The monoisotopic (exact) mass is 343 g/mol. The molecule has 3 rings (SSSR count). The first-order valence-electron chi connectivity index (χ1n) is 8.86. The van der Waals surface area contributed by atoms with Crippen molar-refractivity contribution < 1.29 is 9.21 Å². The smallest absolute Gasteiger partial charge is 0.287 e. The van der Waals surface area contributed by atoms with Crippen LogP contribution in [-0.2, 0) is 6.54 Å². The second-order valence-corrected chi connectivity index (χ2v) is 6.74. The second-order valence-electron chi connectivity index (χ2n) is 6.74. The largest absolute Gasteiger partial charge is 0.454 e. The average Bonchev–Trinajstić information content (AvgIpc) is 3.06. The first-order valence-corrected chi connectivity index (χ1v) is 8.86. The van der Waals surface area contributed by atoms with Crippen LogP contribution >= 0.6 is 0 Å². The van der Waals surface area contributed by atoms with Gasteiger partial charge in [0.05, 0.1) is 6.54 Å². The number of amides is 1. The maximum Gasteiger partial charge on any atom is 0.287 e. The predicted molar refractivity (Wildman–Crippen MR) is 95.7 cm³/mol. The number of likely N-dealkylation sites (tertiary alicyclic amines) is 1. The quantitative estimate of drug-likeness (QED) is 0.870. The number of aromatic nitrogens is 1. The summed E-state index contributed by atoms with van der Waals surface area (Å²) >= 11 is 0. The van der Waals surface area contributed by atoms with Gasteiger partial charge >= 0.3 is 0 Å². The maximum absolute atomic E-state index is 12.2. The van der Waals surface area contributed by atoms with Gasteiger partial charge in [0.25, 0.3) is 11.5 Å². The molecule has 2 aromatic rings. The van der Waals surface area contributed by atoms with E-state index in [1.54, 1.807) is 30.5 Å². The van der Waals surface area contributed by atoms with Crippen molar-refractivity contribution in [3.8, 4) is 0 Å². The summed E-state index contributed by atoms with van der Waals surface area (Å²) in [7, 11) is 0. The molecule has 2 aromatic heterocycles. The minimum atomic E-state index is -0.211. The molecular weight excluding hydrogens is 318 g/mol. The third-order valence-corrected chi connectivity index (χ3v) is 4.57. The molecular formula is C19H25N3O3. The van der Waals surface area contributed by atoms with Crippen molar-refractivity contribution >= 4 is 5.91 Å². The molecule has 0 aliphatic carbocycles. The van der Waals surface area contributed by atoms with E-state index in [2.05, 4.69) is 17.1 Å². The lowest BCUT2D eigenvalue weighted by atomic mass is 10.0. The van der Waals surface area contributed by atoms with Crippen LogP contribution in [0.25, 0.3) is 0 Å². The van der Waals surface area contributed by atoms with Crippen molar-refractivity contribution in [1.82, 2.24) is 14.8 Å². The van der Waals surface area contributed by atoms with E-state index in [1.165, 1.54) is 23.5 Å². The Hall–Kier alpha value is -2.34.